The van der Waals surface area contributed by atoms with E-state index in [-0.39, 0.29) is 30.5 Å². The molecular weight excluding hydrogens is 236 g/mol. The van der Waals surface area contributed by atoms with Crippen LogP contribution in [0.2, 0.25) is 0 Å². The van der Waals surface area contributed by atoms with E-state index in [0.29, 0.717) is 19.7 Å². The van der Waals surface area contributed by atoms with Crippen LogP contribution in [0.3, 0.4) is 0 Å². The van der Waals surface area contributed by atoms with Gasteiger partial charge in [-0.1, -0.05) is 20.8 Å². The van der Waals surface area contributed by atoms with E-state index in [0.717, 1.165) is 0 Å². The highest BCUT2D eigenvalue weighted by Crippen LogP contribution is 2.25. The Morgan fingerprint density at radius 2 is 2.11 bits per heavy atom. The molecule has 0 aliphatic carbocycles. The van der Waals surface area contributed by atoms with Crippen molar-refractivity contribution in [3.05, 3.63) is 0 Å². The van der Waals surface area contributed by atoms with Gasteiger partial charge in [0.25, 0.3) is 0 Å². The molecule has 0 aromatic carbocycles. The molecule has 1 aliphatic heterocycles. The predicted molar refractivity (Wildman–Crippen MR) is 66.4 cm³/mol. The summed E-state index contributed by atoms with van der Waals surface area (Å²) in [7, 11) is 0. The third-order valence-electron chi connectivity index (χ3n) is 2.93. The molecule has 1 rings (SSSR count). The first kappa shape index (κ1) is 14.8. The molecule has 1 aliphatic rings. The molecule has 1 fully saturated rings. The number of aliphatic carboxylic acids is 1. The van der Waals surface area contributed by atoms with Gasteiger partial charge in [-0.15, -0.1) is 0 Å². The number of amides is 2. The third-order valence-corrected chi connectivity index (χ3v) is 2.93. The number of hydrogen-bond donors (Lipinski definition) is 2. The summed E-state index contributed by atoms with van der Waals surface area (Å²) in [6.07, 6.45) is -0.0461. The molecule has 0 spiro atoms. The van der Waals surface area contributed by atoms with Crippen LogP contribution in [0.4, 0.5) is 4.79 Å². The number of carboxylic acid groups (broad SMARTS) is 1. The van der Waals surface area contributed by atoms with Crippen LogP contribution >= 0.6 is 0 Å². The number of carboxylic acids is 1. The summed E-state index contributed by atoms with van der Waals surface area (Å²) in [4.78, 5) is 23.9. The second-order valence-electron chi connectivity index (χ2n) is 5.55. The van der Waals surface area contributed by atoms with Gasteiger partial charge < -0.3 is 20.1 Å². The number of ether oxygens (including phenoxy) is 1. The number of nitrogens with zero attached hydrogens (tertiary/aromatic N) is 1. The second-order valence-corrected chi connectivity index (χ2v) is 5.55. The number of rotatable bonds is 3. The lowest BCUT2D eigenvalue weighted by atomic mass is 9.88. The highest BCUT2D eigenvalue weighted by atomic mass is 16.5. The topological polar surface area (TPSA) is 78.9 Å². The molecule has 1 saturated heterocycles. The van der Waals surface area contributed by atoms with Gasteiger partial charge in [0.05, 0.1) is 19.1 Å². The minimum Gasteiger partial charge on any atom is -0.481 e. The van der Waals surface area contributed by atoms with Gasteiger partial charge in [0.1, 0.15) is 0 Å². The number of carbonyl (C=O) groups excluding carboxylic acids is 1. The number of carbonyl (C=O) groups is 2. The minimum absolute atomic E-state index is 0.0106. The van der Waals surface area contributed by atoms with Gasteiger partial charge in [-0.05, 0) is 5.41 Å². The Morgan fingerprint density at radius 3 is 2.67 bits per heavy atom. The molecule has 2 amide bonds. The summed E-state index contributed by atoms with van der Waals surface area (Å²) < 4.78 is 5.65. The minimum atomic E-state index is -0.912. The lowest BCUT2D eigenvalue weighted by Gasteiger charge is -2.39. The van der Waals surface area contributed by atoms with Crippen LogP contribution < -0.4 is 5.32 Å². The first-order chi connectivity index (χ1) is 8.30. The fourth-order valence-electron chi connectivity index (χ4n) is 1.75. The Bertz CT molecular complexity index is 312. The fraction of sp³-hybridized carbons (Fsp3) is 0.833. The van der Waals surface area contributed by atoms with Crippen molar-refractivity contribution >= 4 is 12.0 Å². The van der Waals surface area contributed by atoms with Crippen molar-refractivity contribution in [2.75, 3.05) is 26.2 Å². The first-order valence-electron chi connectivity index (χ1n) is 6.17. The normalized spacial score (nSPS) is 20.6. The smallest absolute Gasteiger partial charge is 0.317 e. The van der Waals surface area contributed by atoms with E-state index in [1.165, 1.54) is 0 Å². The molecule has 104 valence electrons. The molecule has 18 heavy (non-hydrogen) atoms. The van der Waals surface area contributed by atoms with Gasteiger partial charge in [-0.3, -0.25) is 4.79 Å². The zero-order valence-corrected chi connectivity index (χ0v) is 11.2. The molecular formula is C12H22N2O4. The molecule has 0 radical (unpaired) electrons. The zero-order chi connectivity index (χ0) is 13.8. The van der Waals surface area contributed by atoms with Gasteiger partial charge >= 0.3 is 12.0 Å². The van der Waals surface area contributed by atoms with Crippen LogP contribution in [-0.4, -0.2) is 54.4 Å². The first-order valence-corrected chi connectivity index (χ1v) is 6.17. The van der Waals surface area contributed by atoms with Crippen molar-refractivity contribution in [1.82, 2.24) is 10.2 Å². The van der Waals surface area contributed by atoms with Crippen molar-refractivity contribution in [2.45, 2.75) is 33.3 Å². The number of morpholine rings is 1. The lowest BCUT2D eigenvalue weighted by Crippen LogP contribution is -2.53. The molecule has 1 unspecified atom stereocenters. The average molecular weight is 258 g/mol. The highest BCUT2D eigenvalue weighted by molar-refractivity contribution is 5.75. The largest absolute Gasteiger partial charge is 0.481 e. The summed E-state index contributed by atoms with van der Waals surface area (Å²) in [5.74, 6) is -0.912. The van der Waals surface area contributed by atoms with E-state index >= 15 is 0 Å². The van der Waals surface area contributed by atoms with Crippen LogP contribution in [0.1, 0.15) is 27.2 Å². The molecule has 2 N–H and O–H groups in total. The fourth-order valence-corrected chi connectivity index (χ4v) is 1.75. The van der Waals surface area contributed by atoms with Gasteiger partial charge in [-0.2, -0.15) is 0 Å². The SMILES string of the molecule is CC(C)(C)C1CN(C(=O)NCCC(=O)O)CCO1. The van der Waals surface area contributed by atoms with E-state index in [1.807, 2.05) is 0 Å². The number of hydrogen-bond acceptors (Lipinski definition) is 3. The maximum Gasteiger partial charge on any atom is 0.317 e. The number of urea groups is 1. The molecule has 0 aromatic heterocycles. The Hall–Kier alpha value is -1.30. The monoisotopic (exact) mass is 258 g/mol. The standard InChI is InChI=1S/C12H22N2O4/c1-12(2,3)9-8-14(6-7-18-9)11(17)13-5-4-10(15)16/h9H,4-8H2,1-3H3,(H,13,17)(H,15,16). The predicted octanol–water partition coefficient (Wildman–Crippen LogP) is 0.918. The van der Waals surface area contributed by atoms with Gasteiger partial charge in [0.15, 0.2) is 0 Å². The van der Waals surface area contributed by atoms with Crippen molar-refractivity contribution < 1.29 is 19.4 Å². The molecule has 1 heterocycles. The molecule has 6 nitrogen and oxygen atoms in total. The number of nitrogens with one attached hydrogen (secondary N) is 1. The molecule has 0 saturated carbocycles. The summed E-state index contributed by atoms with van der Waals surface area (Å²) in [5, 5.41) is 11.1. The van der Waals surface area contributed by atoms with Crippen LogP contribution in [-0.2, 0) is 9.53 Å². The zero-order valence-electron chi connectivity index (χ0n) is 11.2. The van der Waals surface area contributed by atoms with Crippen LogP contribution in [0.25, 0.3) is 0 Å². The Morgan fingerprint density at radius 1 is 1.44 bits per heavy atom. The summed E-state index contributed by atoms with van der Waals surface area (Å²) in [5.41, 5.74) is -0.0139. The lowest BCUT2D eigenvalue weighted by molar-refractivity contribution is -0.136. The van der Waals surface area contributed by atoms with Crippen molar-refractivity contribution in [3.63, 3.8) is 0 Å². The quantitative estimate of drug-likeness (QED) is 0.789. The maximum absolute atomic E-state index is 11.8. The summed E-state index contributed by atoms with van der Waals surface area (Å²) >= 11 is 0. The van der Waals surface area contributed by atoms with E-state index in [1.54, 1.807) is 4.90 Å². The van der Waals surface area contributed by atoms with Crippen molar-refractivity contribution in [3.8, 4) is 0 Å². The van der Waals surface area contributed by atoms with E-state index in [9.17, 15) is 9.59 Å². The Labute approximate surface area is 107 Å². The van der Waals surface area contributed by atoms with E-state index in [4.69, 9.17) is 9.84 Å². The van der Waals surface area contributed by atoms with Crippen molar-refractivity contribution in [1.29, 1.82) is 0 Å². The average Bonchev–Trinajstić information content (AvgIpc) is 2.27. The van der Waals surface area contributed by atoms with Crippen LogP contribution in [0.5, 0.6) is 0 Å². The van der Waals surface area contributed by atoms with Crippen LogP contribution in [0, 0.1) is 5.41 Å². The van der Waals surface area contributed by atoms with Gasteiger partial charge in [0, 0.05) is 19.6 Å². The molecule has 0 aromatic rings. The van der Waals surface area contributed by atoms with E-state index in [2.05, 4.69) is 26.1 Å². The molecule has 6 heteroatoms. The second kappa shape index (κ2) is 6.04. The molecule has 1 atom stereocenters. The Balaban J connectivity index is 2.41. The molecule has 0 bridgehead atoms. The highest BCUT2D eigenvalue weighted by Gasteiger charge is 2.32. The van der Waals surface area contributed by atoms with Crippen LogP contribution in [0.15, 0.2) is 0 Å². The van der Waals surface area contributed by atoms with Gasteiger partial charge in [-0.25, -0.2) is 4.79 Å². The summed E-state index contributed by atoms with van der Waals surface area (Å²) in [6, 6.07) is -0.214. The summed E-state index contributed by atoms with van der Waals surface area (Å²) in [6.45, 7) is 7.99. The van der Waals surface area contributed by atoms with Gasteiger partial charge in [0.2, 0.25) is 0 Å². The maximum atomic E-state index is 11.8. The third kappa shape index (κ3) is 4.52. The van der Waals surface area contributed by atoms with Crippen molar-refractivity contribution in [2.24, 2.45) is 5.41 Å². The Kier molecular flexibility index (Phi) is 4.95. The van der Waals surface area contributed by atoms with E-state index < -0.39 is 5.97 Å².